The smallest absolute Gasteiger partial charge is 0.264 e. The van der Waals surface area contributed by atoms with Gasteiger partial charge in [0.25, 0.3) is 15.7 Å². The first-order valence-corrected chi connectivity index (χ1v) is 11.2. The zero-order valence-electron chi connectivity index (χ0n) is 15.3. The van der Waals surface area contributed by atoms with E-state index in [9.17, 15) is 18.5 Å². The highest BCUT2D eigenvalue weighted by Crippen LogP contribution is 2.58. The Morgan fingerprint density at radius 2 is 1.68 bits per heavy atom. The first-order valence-electron chi connectivity index (χ1n) is 9.67. The standard InChI is InChI=1S/C19H22N4O4S/c24-23(25)16-3-1-2-4-17(16)28(26,27)21-18-5-6-22(20-18)19-10-13-7-14(11-19)9-15(8-13)12-19/h1-6,13-15H,7-12H2,(H,20,21). The third-order valence-electron chi connectivity index (χ3n) is 6.67. The first-order chi connectivity index (χ1) is 13.3. The van der Waals surface area contributed by atoms with Gasteiger partial charge < -0.3 is 0 Å². The van der Waals surface area contributed by atoms with E-state index in [1.54, 1.807) is 6.07 Å². The van der Waals surface area contributed by atoms with E-state index in [1.807, 2.05) is 10.9 Å². The zero-order valence-corrected chi connectivity index (χ0v) is 16.1. The van der Waals surface area contributed by atoms with Gasteiger partial charge in [0.05, 0.1) is 10.5 Å². The van der Waals surface area contributed by atoms with Crippen LogP contribution in [0.4, 0.5) is 11.5 Å². The summed E-state index contributed by atoms with van der Waals surface area (Å²) in [6, 6.07) is 6.97. The number of nitrogens with one attached hydrogen (secondary N) is 1. The van der Waals surface area contributed by atoms with E-state index in [4.69, 9.17) is 0 Å². The number of rotatable bonds is 5. The van der Waals surface area contributed by atoms with Crippen LogP contribution in [0, 0.1) is 27.9 Å². The molecule has 148 valence electrons. The average Bonchev–Trinajstić information content (AvgIpc) is 3.09. The minimum absolute atomic E-state index is 0.00279. The number of sulfonamides is 1. The molecule has 1 aromatic carbocycles. The van der Waals surface area contributed by atoms with Crippen molar-refractivity contribution in [2.45, 2.75) is 49.0 Å². The molecule has 0 unspecified atom stereocenters. The van der Waals surface area contributed by atoms with Crippen molar-refractivity contribution in [3.63, 3.8) is 0 Å². The fourth-order valence-electron chi connectivity index (χ4n) is 6.02. The predicted octanol–water partition coefficient (Wildman–Crippen LogP) is 3.52. The molecule has 1 heterocycles. The van der Waals surface area contributed by atoms with Gasteiger partial charge in [0.2, 0.25) is 0 Å². The van der Waals surface area contributed by atoms with Crippen LogP contribution in [-0.2, 0) is 15.6 Å². The summed E-state index contributed by atoms with van der Waals surface area (Å²) in [6.07, 6.45) is 9.13. The fraction of sp³-hybridized carbons (Fsp3) is 0.526. The van der Waals surface area contributed by atoms with Crippen molar-refractivity contribution in [2.24, 2.45) is 17.8 Å². The first kappa shape index (κ1) is 17.7. The summed E-state index contributed by atoms with van der Waals surface area (Å²) >= 11 is 0. The number of nitrogens with zero attached hydrogens (tertiary/aromatic N) is 3. The summed E-state index contributed by atoms with van der Waals surface area (Å²) in [6.45, 7) is 0. The Labute approximate surface area is 163 Å². The summed E-state index contributed by atoms with van der Waals surface area (Å²) in [4.78, 5) is 10.1. The van der Waals surface area contributed by atoms with Crippen molar-refractivity contribution in [3.8, 4) is 0 Å². The molecule has 4 aliphatic carbocycles. The van der Waals surface area contributed by atoms with E-state index in [1.165, 1.54) is 43.5 Å². The van der Waals surface area contributed by atoms with Crippen LogP contribution in [0.3, 0.4) is 0 Å². The van der Waals surface area contributed by atoms with Crippen LogP contribution in [0.1, 0.15) is 38.5 Å². The molecule has 0 spiro atoms. The molecule has 2 aromatic rings. The number of para-hydroxylation sites is 1. The molecule has 4 fully saturated rings. The summed E-state index contributed by atoms with van der Waals surface area (Å²) < 4.78 is 29.8. The molecular weight excluding hydrogens is 380 g/mol. The highest BCUT2D eigenvalue weighted by Gasteiger charge is 2.52. The third-order valence-corrected chi connectivity index (χ3v) is 8.07. The lowest BCUT2D eigenvalue weighted by Crippen LogP contribution is -2.52. The minimum atomic E-state index is -4.10. The van der Waals surface area contributed by atoms with Crippen LogP contribution in [0.15, 0.2) is 41.4 Å². The normalized spacial score (nSPS) is 31.1. The van der Waals surface area contributed by atoms with E-state index in [0.717, 1.165) is 37.0 Å². The number of benzene rings is 1. The number of nitro groups is 1. The summed E-state index contributed by atoms with van der Waals surface area (Å²) in [5.74, 6) is 2.46. The molecule has 0 amide bonds. The molecule has 8 nitrogen and oxygen atoms in total. The van der Waals surface area contributed by atoms with Crippen LogP contribution in [0.5, 0.6) is 0 Å². The van der Waals surface area contributed by atoms with E-state index in [0.29, 0.717) is 0 Å². The van der Waals surface area contributed by atoms with Gasteiger partial charge in [0.15, 0.2) is 10.7 Å². The zero-order chi connectivity index (χ0) is 19.5. The van der Waals surface area contributed by atoms with Crippen LogP contribution < -0.4 is 4.72 Å². The van der Waals surface area contributed by atoms with Crippen LogP contribution in [0.25, 0.3) is 0 Å². The van der Waals surface area contributed by atoms with Gasteiger partial charge >= 0.3 is 0 Å². The van der Waals surface area contributed by atoms with Gasteiger partial charge in [-0.2, -0.15) is 5.10 Å². The average molecular weight is 402 g/mol. The van der Waals surface area contributed by atoms with Crippen molar-refractivity contribution in [1.29, 1.82) is 0 Å². The molecule has 4 bridgehead atoms. The second kappa shape index (κ2) is 6.04. The SMILES string of the molecule is O=[N+]([O-])c1ccccc1S(=O)(=O)Nc1ccn(C23CC4CC(CC(C4)C2)C3)n1. The molecule has 9 heteroatoms. The molecule has 0 saturated heterocycles. The molecule has 28 heavy (non-hydrogen) atoms. The van der Waals surface area contributed by atoms with Gasteiger partial charge in [-0.3, -0.25) is 19.5 Å². The highest BCUT2D eigenvalue weighted by atomic mass is 32.2. The number of hydrogen-bond donors (Lipinski definition) is 1. The molecule has 6 rings (SSSR count). The second-order valence-corrected chi connectivity index (χ2v) is 10.3. The lowest BCUT2D eigenvalue weighted by molar-refractivity contribution is -0.387. The van der Waals surface area contributed by atoms with Gasteiger partial charge in [-0.05, 0) is 62.3 Å². The Morgan fingerprint density at radius 3 is 2.29 bits per heavy atom. The Hall–Kier alpha value is -2.42. The molecule has 4 saturated carbocycles. The molecular formula is C19H22N4O4S. The van der Waals surface area contributed by atoms with Crippen molar-refractivity contribution in [1.82, 2.24) is 9.78 Å². The van der Waals surface area contributed by atoms with E-state index in [-0.39, 0.29) is 16.3 Å². The van der Waals surface area contributed by atoms with Crippen molar-refractivity contribution >= 4 is 21.5 Å². The number of nitro benzene ring substituents is 1. The summed E-state index contributed by atoms with van der Waals surface area (Å²) in [5, 5.41) is 15.7. The summed E-state index contributed by atoms with van der Waals surface area (Å²) in [5.41, 5.74) is -0.451. The van der Waals surface area contributed by atoms with Crippen LogP contribution in [0.2, 0.25) is 0 Å². The summed E-state index contributed by atoms with van der Waals surface area (Å²) in [7, 11) is -4.10. The predicted molar refractivity (Wildman–Crippen MR) is 102 cm³/mol. The Kier molecular flexibility index (Phi) is 3.81. The molecule has 1 aromatic heterocycles. The van der Waals surface area contributed by atoms with Gasteiger partial charge in [-0.15, -0.1) is 0 Å². The molecule has 0 aliphatic heterocycles. The highest BCUT2D eigenvalue weighted by molar-refractivity contribution is 7.92. The molecule has 0 radical (unpaired) electrons. The van der Waals surface area contributed by atoms with Crippen LogP contribution in [-0.4, -0.2) is 23.1 Å². The fourth-order valence-corrected chi connectivity index (χ4v) is 7.19. The number of aromatic nitrogens is 2. The van der Waals surface area contributed by atoms with Crippen molar-refractivity contribution in [2.75, 3.05) is 4.72 Å². The lowest BCUT2D eigenvalue weighted by Gasteiger charge is -2.56. The van der Waals surface area contributed by atoms with E-state index < -0.39 is 20.6 Å². The Bertz CT molecular complexity index is 1010. The molecule has 1 N–H and O–H groups in total. The van der Waals surface area contributed by atoms with E-state index in [2.05, 4.69) is 9.82 Å². The minimum Gasteiger partial charge on any atom is -0.264 e. The van der Waals surface area contributed by atoms with Crippen molar-refractivity contribution < 1.29 is 13.3 Å². The Balaban J connectivity index is 1.43. The second-order valence-electron chi connectivity index (χ2n) is 8.62. The van der Waals surface area contributed by atoms with E-state index >= 15 is 0 Å². The van der Waals surface area contributed by atoms with Gasteiger partial charge in [-0.25, -0.2) is 8.42 Å². The Morgan fingerprint density at radius 1 is 1.07 bits per heavy atom. The van der Waals surface area contributed by atoms with Crippen LogP contribution >= 0.6 is 0 Å². The number of hydrogen-bond acceptors (Lipinski definition) is 5. The molecule has 4 aliphatic rings. The third kappa shape index (κ3) is 2.80. The lowest BCUT2D eigenvalue weighted by atomic mass is 9.53. The maximum Gasteiger partial charge on any atom is 0.289 e. The maximum atomic E-state index is 12.7. The van der Waals surface area contributed by atoms with Crippen molar-refractivity contribution in [3.05, 3.63) is 46.6 Å². The van der Waals surface area contributed by atoms with Gasteiger partial charge in [0.1, 0.15) is 0 Å². The van der Waals surface area contributed by atoms with Gasteiger partial charge in [0, 0.05) is 18.3 Å². The molecule has 0 atom stereocenters. The topological polar surface area (TPSA) is 107 Å². The quantitative estimate of drug-likeness (QED) is 0.608. The van der Waals surface area contributed by atoms with Gasteiger partial charge in [-0.1, -0.05) is 12.1 Å². The number of anilines is 1. The largest absolute Gasteiger partial charge is 0.289 e. The monoisotopic (exact) mass is 402 g/mol. The maximum absolute atomic E-state index is 12.7.